The molecule has 0 saturated carbocycles. The number of benzene rings is 2. The van der Waals surface area contributed by atoms with Gasteiger partial charge >= 0.3 is 0 Å². The SMILES string of the molecule is COc1ccc(S(=O)(=O)N2CCCCC2)cc1NC(=S)Nc1ccc(C(C)=O)cc1. The third-order valence-electron chi connectivity index (χ3n) is 4.92. The topological polar surface area (TPSA) is 87.7 Å². The zero-order chi connectivity index (χ0) is 21.7. The van der Waals surface area contributed by atoms with Crippen molar-refractivity contribution in [3.8, 4) is 5.75 Å². The van der Waals surface area contributed by atoms with E-state index in [9.17, 15) is 13.2 Å². The predicted octanol–water partition coefficient (Wildman–Crippen LogP) is 3.88. The van der Waals surface area contributed by atoms with Crippen molar-refractivity contribution in [1.29, 1.82) is 0 Å². The molecule has 0 aliphatic carbocycles. The van der Waals surface area contributed by atoms with Crippen molar-refractivity contribution in [2.45, 2.75) is 31.1 Å². The van der Waals surface area contributed by atoms with Gasteiger partial charge in [0.15, 0.2) is 10.9 Å². The molecule has 1 heterocycles. The number of piperidine rings is 1. The Labute approximate surface area is 182 Å². The largest absolute Gasteiger partial charge is 0.495 e. The van der Waals surface area contributed by atoms with Crippen LogP contribution in [0, 0.1) is 0 Å². The van der Waals surface area contributed by atoms with Crippen LogP contribution in [0.4, 0.5) is 11.4 Å². The van der Waals surface area contributed by atoms with Crippen LogP contribution in [0.25, 0.3) is 0 Å². The van der Waals surface area contributed by atoms with Crippen LogP contribution < -0.4 is 15.4 Å². The van der Waals surface area contributed by atoms with E-state index in [2.05, 4.69) is 10.6 Å². The number of Topliss-reactive ketones (excluding diaryl/α,β-unsaturated/α-hetero) is 1. The first-order valence-corrected chi connectivity index (χ1v) is 11.5. The number of methoxy groups -OCH3 is 1. The van der Waals surface area contributed by atoms with E-state index >= 15 is 0 Å². The second-order valence-corrected chi connectivity index (χ2v) is 9.39. The summed E-state index contributed by atoms with van der Waals surface area (Å²) in [6.07, 6.45) is 2.79. The molecule has 3 rings (SSSR count). The molecule has 2 aromatic carbocycles. The van der Waals surface area contributed by atoms with Crippen molar-refractivity contribution in [3.63, 3.8) is 0 Å². The van der Waals surface area contributed by atoms with Crippen molar-refractivity contribution in [3.05, 3.63) is 48.0 Å². The van der Waals surface area contributed by atoms with E-state index in [-0.39, 0.29) is 15.8 Å². The lowest BCUT2D eigenvalue weighted by Gasteiger charge is -2.26. The van der Waals surface area contributed by atoms with Crippen molar-refractivity contribution in [2.75, 3.05) is 30.8 Å². The molecule has 0 bridgehead atoms. The quantitative estimate of drug-likeness (QED) is 0.513. The number of rotatable bonds is 6. The summed E-state index contributed by atoms with van der Waals surface area (Å²) < 4.78 is 32.8. The first-order valence-electron chi connectivity index (χ1n) is 9.68. The summed E-state index contributed by atoms with van der Waals surface area (Å²) in [5.41, 5.74) is 1.76. The molecule has 0 spiro atoms. The monoisotopic (exact) mass is 447 g/mol. The van der Waals surface area contributed by atoms with E-state index in [4.69, 9.17) is 17.0 Å². The number of hydrogen-bond donors (Lipinski definition) is 2. The number of carbonyl (C=O) groups excluding carboxylic acids is 1. The van der Waals surface area contributed by atoms with Crippen LogP contribution in [-0.4, -0.2) is 43.8 Å². The summed E-state index contributed by atoms with van der Waals surface area (Å²) >= 11 is 5.37. The van der Waals surface area contributed by atoms with Gasteiger partial charge in [0, 0.05) is 24.3 Å². The van der Waals surface area contributed by atoms with Crippen molar-refractivity contribution in [2.24, 2.45) is 0 Å². The highest BCUT2D eigenvalue weighted by atomic mass is 32.2. The zero-order valence-electron chi connectivity index (χ0n) is 17.0. The van der Waals surface area contributed by atoms with Gasteiger partial charge in [-0.15, -0.1) is 0 Å². The van der Waals surface area contributed by atoms with Crippen LogP contribution in [0.3, 0.4) is 0 Å². The van der Waals surface area contributed by atoms with Gasteiger partial charge in [-0.1, -0.05) is 6.42 Å². The molecule has 160 valence electrons. The molecular weight excluding hydrogens is 422 g/mol. The molecule has 0 aromatic heterocycles. The van der Waals surface area contributed by atoms with Crippen molar-refractivity contribution >= 4 is 44.5 Å². The minimum Gasteiger partial charge on any atom is -0.495 e. The van der Waals surface area contributed by atoms with Gasteiger partial charge in [-0.25, -0.2) is 8.42 Å². The predicted molar refractivity (Wildman–Crippen MR) is 122 cm³/mol. The Hall–Kier alpha value is -2.49. The number of ketones is 1. The number of nitrogens with one attached hydrogen (secondary N) is 2. The van der Waals surface area contributed by atoms with Crippen LogP contribution in [-0.2, 0) is 10.0 Å². The number of carbonyl (C=O) groups is 1. The van der Waals surface area contributed by atoms with Gasteiger partial charge in [-0.2, -0.15) is 4.31 Å². The third kappa shape index (κ3) is 5.16. The fraction of sp³-hybridized carbons (Fsp3) is 0.333. The third-order valence-corrected chi connectivity index (χ3v) is 7.02. The molecule has 7 nitrogen and oxygen atoms in total. The molecule has 0 atom stereocenters. The lowest BCUT2D eigenvalue weighted by atomic mass is 10.1. The van der Waals surface area contributed by atoms with Gasteiger partial charge in [-0.05, 0) is 74.4 Å². The maximum atomic E-state index is 13.0. The van der Waals surface area contributed by atoms with Crippen molar-refractivity contribution < 1.29 is 17.9 Å². The van der Waals surface area contributed by atoms with E-state index in [1.165, 1.54) is 24.4 Å². The van der Waals surface area contributed by atoms with Gasteiger partial charge in [0.25, 0.3) is 0 Å². The molecule has 2 N–H and O–H groups in total. The zero-order valence-corrected chi connectivity index (χ0v) is 18.6. The molecule has 9 heteroatoms. The average Bonchev–Trinajstić information content (AvgIpc) is 2.74. The maximum Gasteiger partial charge on any atom is 0.243 e. The number of sulfonamides is 1. The second-order valence-electron chi connectivity index (χ2n) is 7.04. The van der Waals surface area contributed by atoms with Gasteiger partial charge < -0.3 is 15.4 Å². The van der Waals surface area contributed by atoms with E-state index in [1.54, 1.807) is 36.4 Å². The molecule has 1 fully saturated rings. The summed E-state index contributed by atoms with van der Waals surface area (Å²) in [6, 6.07) is 11.6. The minimum absolute atomic E-state index is 0.0151. The second kappa shape index (κ2) is 9.55. The number of thiocarbonyl (C=S) groups is 1. The molecule has 1 saturated heterocycles. The molecule has 1 aliphatic heterocycles. The summed E-state index contributed by atoms with van der Waals surface area (Å²) in [5.74, 6) is 0.461. The fourth-order valence-corrected chi connectivity index (χ4v) is 5.04. The molecule has 2 aromatic rings. The number of anilines is 2. The van der Waals surface area contributed by atoms with E-state index in [1.807, 2.05) is 0 Å². The van der Waals surface area contributed by atoms with Crippen LogP contribution >= 0.6 is 12.2 Å². The summed E-state index contributed by atoms with van der Waals surface area (Å²) in [6.45, 7) is 2.58. The van der Waals surface area contributed by atoms with Crippen LogP contribution in [0.15, 0.2) is 47.4 Å². The van der Waals surface area contributed by atoms with Crippen molar-refractivity contribution in [1.82, 2.24) is 4.31 Å². The Morgan fingerprint density at radius 3 is 2.30 bits per heavy atom. The Bertz CT molecular complexity index is 1030. The highest BCUT2D eigenvalue weighted by Crippen LogP contribution is 2.30. The lowest BCUT2D eigenvalue weighted by molar-refractivity contribution is 0.101. The molecule has 1 aliphatic rings. The summed E-state index contributed by atoms with van der Waals surface area (Å²) in [7, 11) is -2.06. The molecule has 0 amide bonds. The van der Waals surface area contributed by atoms with E-state index < -0.39 is 10.0 Å². The standard InChI is InChI=1S/C21H25N3O4S2/c1-15(25)16-6-8-17(9-7-16)22-21(29)23-19-14-18(10-11-20(19)28-2)30(26,27)24-12-4-3-5-13-24/h6-11,14H,3-5,12-13H2,1-2H3,(H2,22,23,29). The first kappa shape index (κ1) is 22.2. The smallest absolute Gasteiger partial charge is 0.243 e. The molecule has 0 radical (unpaired) electrons. The normalized spacial score (nSPS) is 14.7. The van der Waals surface area contributed by atoms with E-state index in [0.29, 0.717) is 35.8 Å². The number of ether oxygens (including phenoxy) is 1. The highest BCUT2D eigenvalue weighted by molar-refractivity contribution is 7.89. The van der Waals surface area contributed by atoms with Crippen LogP contribution in [0.5, 0.6) is 5.75 Å². The van der Waals surface area contributed by atoms with Gasteiger partial charge in [0.05, 0.1) is 17.7 Å². The molecule has 0 unspecified atom stereocenters. The first-order chi connectivity index (χ1) is 14.3. The summed E-state index contributed by atoms with van der Waals surface area (Å²) in [5, 5.41) is 6.31. The summed E-state index contributed by atoms with van der Waals surface area (Å²) in [4.78, 5) is 11.6. The van der Waals surface area contributed by atoms with E-state index in [0.717, 1.165) is 19.3 Å². The molecular formula is C21H25N3O4S2. The molecule has 30 heavy (non-hydrogen) atoms. The van der Waals surface area contributed by atoms with Gasteiger partial charge in [0.1, 0.15) is 5.75 Å². The fourth-order valence-electron chi connectivity index (χ4n) is 3.27. The number of nitrogens with zero attached hydrogens (tertiary/aromatic N) is 1. The van der Waals surface area contributed by atoms with Crippen LogP contribution in [0.2, 0.25) is 0 Å². The highest BCUT2D eigenvalue weighted by Gasteiger charge is 2.26. The average molecular weight is 448 g/mol. The Kier molecular flexibility index (Phi) is 7.06. The van der Waals surface area contributed by atoms with Crippen LogP contribution in [0.1, 0.15) is 36.5 Å². The Morgan fingerprint density at radius 1 is 1.03 bits per heavy atom. The minimum atomic E-state index is -3.57. The Balaban J connectivity index is 1.78. The van der Waals surface area contributed by atoms with Gasteiger partial charge in [0.2, 0.25) is 10.0 Å². The lowest BCUT2D eigenvalue weighted by Crippen LogP contribution is -2.35. The van der Waals surface area contributed by atoms with Gasteiger partial charge in [-0.3, -0.25) is 4.79 Å². The number of hydrogen-bond acceptors (Lipinski definition) is 5. The maximum absolute atomic E-state index is 13.0. The Morgan fingerprint density at radius 2 is 1.70 bits per heavy atom.